The van der Waals surface area contributed by atoms with Crippen molar-refractivity contribution < 1.29 is 13.9 Å². The van der Waals surface area contributed by atoms with Gasteiger partial charge in [0, 0.05) is 35.6 Å². The first-order chi connectivity index (χ1) is 17.0. The normalized spacial score (nSPS) is 10.7. The third-order valence-corrected chi connectivity index (χ3v) is 5.75. The number of nitrogens with zero attached hydrogens (tertiary/aromatic N) is 2. The number of ether oxygens (including phenoxy) is 1. The van der Waals surface area contributed by atoms with Crippen molar-refractivity contribution in [2.75, 3.05) is 29.9 Å². The molecule has 1 amide bonds. The minimum Gasteiger partial charge on any atom is -0.494 e. The lowest BCUT2D eigenvalue weighted by Gasteiger charge is -2.20. The van der Waals surface area contributed by atoms with Crippen LogP contribution in [0.15, 0.2) is 71.1 Å². The summed E-state index contributed by atoms with van der Waals surface area (Å²) in [6, 6.07) is 20.6. The van der Waals surface area contributed by atoms with Crippen molar-refractivity contribution in [3.63, 3.8) is 0 Å². The summed E-state index contributed by atoms with van der Waals surface area (Å²) in [5.74, 6) is 0.961. The number of hydrogen-bond donors (Lipinski definition) is 2. The van der Waals surface area contributed by atoms with Gasteiger partial charge in [-0.25, -0.2) is 4.98 Å². The molecule has 7 nitrogen and oxygen atoms in total. The maximum absolute atomic E-state index is 12.5. The fraction of sp³-hybridized carbons (Fsp3) is 0.222. The van der Waals surface area contributed by atoms with Gasteiger partial charge in [-0.05, 0) is 99.7 Å². The van der Waals surface area contributed by atoms with E-state index in [-0.39, 0.29) is 11.0 Å². The molecule has 0 saturated heterocycles. The average molecular weight is 489 g/mol. The Morgan fingerprint density at radius 2 is 1.71 bits per heavy atom. The Labute approximate surface area is 210 Å². The number of oxazole rings is 1. The predicted molar refractivity (Wildman–Crippen MR) is 144 cm³/mol. The highest BCUT2D eigenvalue weighted by atomic mass is 32.1. The van der Waals surface area contributed by atoms with Gasteiger partial charge in [0.05, 0.1) is 6.61 Å². The lowest BCUT2D eigenvalue weighted by atomic mass is 10.2. The number of nitrogens with one attached hydrogen (secondary N) is 2. The van der Waals surface area contributed by atoms with Crippen LogP contribution in [0, 0.1) is 0 Å². The van der Waals surface area contributed by atoms with Crippen LogP contribution in [-0.4, -0.2) is 35.7 Å². The van der Waals surface area contributed by atoms with Gasteiger partial charge in [-0.15, -0.1) is 0 Å². The molecule has 0 aliphatic rings. The van der Waals surface area contributed by atoms with Crippen LogP contribution in [0.4, 0.5) is 11.4 Å². The molecule has 0 aliphatic carbocycles. The van der Waals surface area contributed by atoms with Crippen LogP contribution in [-0.2, 0) is 0 Å². The Balaban J connectivity index is 1.42. The van der Waals surface area contributed by atoms with Gasteiger partial charge in [0.25, 0.3) is 5.91 Å². The number of hydrogen-bond acceptors (Lipinski definition) is 6. The predicted octanol–water partition coefficient (Wildman–Crippen LogP) is 5.87. The van der Waals surface area contributed by atoms with Crippen molar-refractivity contribution in [3.05, 3.63) is 72.3 Å². The van der Waals surface area contributed by atoms with Crippen LogP contribution in [0.5, 0.6) is 5.75 Å². The Hall–Kier alpha value is -3.91. The Kier molecular flexibility index (Phi) is 7.62. The summed E-state index contributed by atoms with van der Waals surface area (Å²) in [6.07, 6.45) is 0. The summed E-state index contributed by atoms with van der Waals surface area (Å²) in [4.78, 5) is 19.4. The number of carbonyl (C=O) groups is 1. The second-order valence-corrected chi connectivity index (χ2v) is 8.19. The summed E-state index contributed by atoms with van der Waals surface area (Å²) >= 11 is 5.32. The molecule has 2 N–H and O–H groups in total. The quantitative estimate of drug-likeness (QED) is 0.300. The highest BCUT2D eigenvalue weighted by Gasteiger charge is 2.12. The fourth-order valence-corrected chi connectivity index (χ4v) is 3.95. The third-order valence-electron chi connectivity index (χ3n) is 5.54. The molecule has 0 aliphatic heterocycles. The van der Waals surface area contributed by atoms with E-state index in [1.807, 2.05) is 37.3 Å². The SMILES string of the molecule is CCOc1ccc(C(=O)NC(=S)Nc2ccc3oc(-c4ccc(N(CC)CC)cc4)nc3c2)cc1. The highest BCUT2D eigenvalue weighted by Crippen LogP contribution is 2.28. The molecule has 0 bridgehead atoms. The van der Waals surface area contributed by atoms with Crippen LogP contribution in [0.3, 0.4) is 0 Å². The van der Waals surface area contributed by atoms with Gasteiger partial charge in [-0.3, -0.25) is 10.1 Å². The number of benzene rings is 3. The summed E-state index contributed by atoms with van der Waals surface area (Å²) in [7, 11) is 0. The van der Waals surface area contributed by atoms with E-state index < -0.39 is 0 Å². The molecule has 0 unspecified atom stereocenters. The zero-order valence-corrected chi connectivity index (χ0v) is 20.8. The fourth-order valence-electron chi connectivity index (χ4n) is 3.74. The molecule has 0 radical (unpaired) electrons. The zero-order valence-electron chi connectivity index (χ0n) is 20.0. The second-order valence-electron chi connectivity index (χ2n) is 7.79. The molecule has 3 aromatic carbocycles. The Morgan fingerprint density at radius 3 is 2.37 bits per heavy atom. The van der Waals surface area contributed by atoms with Gasteiger partial charge < -0.3 is 19.4 Å². The van der Waals surface area contributed by atoms with Crippen molar-refractivity contribution >= 4 is 45.7 Å². The topological polar surface area (TPSA) is 79.6 Å². The first-order valence-corrected chi connectivity index (χ1v) is 12.0. The molecule has 0 saturated carbocycles. The molecule has 1 heterocycles. The molecule has 0 spiro atoms. The maximum atomic E-state index is 12.5. The van der Waals surface area contributed by atoms with E-state index in [1.165, 1.54) is 5.69 Å². The van der Waals surface area contributed by atoms with Gasteiger partial charge in [0.1, 0.15) is 11.3 Å². The van der Waals surface area contributed by atoms with E-state index in [2.05, 4.69) is 46.5 Å². The molecule has 35 heavy (non-hydrogen) atoms. The Bertz CT molecular complexity index is 1310. The van der Waals surface area contributed by atoms with Crippen molar-refractivity contribution in [2.45, 2.75) is 20.8 Å². The minimum absolute atomic E-state index is 0.193. The van der Waals surface area contributed by atoms with Crippen LogP contribution in [0.2, 0.25) is 0 Å². The molecule has 0 atom stereocenters. The number of amides is 1. The van der Waals surface area contributed by atoms with E-state index in [0.717, 1.165) is 18.7 Å². The molecule has 1 aromatic heterocycles. The maximum Gasteiger partial charge on any atom is 0.257 e. The van der Waals surface area contributed by atoms with Gasteiger partial charge in [-0.2, -0.15) is 0 Å². The van der Waals surface area contributed by atoms with Crippen LogP contribution < -0.4 is 20.3 Å². The zero-order chi connectivity index (χ0) is 24.8. The lowest BCUT2D eigenvalue weighted by Crippen LogP contribution is -2.34. The van der Waals surface area contributed by atoms with Crippen LogP contribution in [0.1, 0.15) is 31.1 Å². The summed E-state index contributed by atoms with van der Waals surface area (Å²) < 4.78 is 11.4. The molecule has 0 fully saturated rings. The van der Waals surface area contributed by atoms with Gasteiger partial charge in [0.2, 0.25) is 5.89 Å². The number of fused-ring (bicyclic) bond motifs is 1. The highest BCUT2D eigenvalue weighted by molar-refractivity contribution is 7.80. The second kappa shape index (κ2) is 11.0. The van der Waals surface area contributed by atoms with Crippen molar-refractivity contribution in [2.24, 2.45) is 0 Å². The van der Waals surface area contributed by atoms with Crippen LogP contribution >= 0.6 is 12.2 Å². The van der Waals surface area contributed by atoms with E-state index in [0.29, 0.717) is 40.6 Å². The van der Waals surface area contributed by atoms with Gasteiger partial charge >= 0.3 is 0 Å². The molecule has 180 valence electrons. The Morgan fingerprint density at radius 1 is 1.00 bits per heavy atom. The number of carbonyl (C=O) groups excluding carboxylic acids is 1. The summed E-state index contributed by atoms with van der Waals surface area (Å²) in [5, 5.41) is 5.92. The standard InChI is InChI=1S/C27H28N4O3S/c1-4-31(5-2)21-12-7-19(8-13-21)26-29-23-17-20(11-16-24(23)34-26)28-27(35)30-25(32)18-9-14-22(15-10-18)33-6-3/h7-17H,4-6H2,1-3H3,(H2,28,30,32,35). The smallest absolute Gasteiger partial charge is 0.257 e. The lowest BCUT2D eigenvalue weighted by molar-refractivity contribution is 0.0977. The van der Waals surface area contributed by atoms with E-state index >= 15 is 0 Å². The number of aromatic nitrogens is 1. The minimum atomic E-state index is -0.302. The molecule has 4 rings (SSSR count). The largest absolute Gasteiger partial charge is 0.494 e. The first kappa shape index (κ1) is 24.2. The summed E-state index contributed by atoms with van der Waals surface area (Å²) in [6.45, 7) is 8.67. The number of thiocarbonyl (C=S) groups is 1. The van der Waals surface area contributed by atoms with Crippen molar-refractivity contribution in [1.29, 1.82) is 0 Å². The van der Waals surface area contributed by atoms with Crippen LogP contribution in [0.25, 0.3) is 22.6 Å². The van der Waals surface area contributed by atoms with Gasteiger partial charge in [-0.1, -0.05) is 0 Å². The average Bonchev–Trinajstić information content (AvgIpc) is 3.29. The van der Waals surface area contributed by atoms with E-state index in [9.17, 15) is 4.79 Å². The third kappa shape index (κ3) is 5.78. The molecular formula is C27H28N4O3S. The molecule has 8 heteroatoms. The van der Waals surface area contributed by atoms with E-state index in [1.54, 1.807) is 24.3 Å². The van der Waals surface area contributed by atoms with E-state index in [4.69, 9.17) is 21.4 Å². The monoisotopic (exact) mass is 488 g/mol. The number of anilines is 2. The van der Waals surface area contributed by atoms with Crippen molar-refractivity contribution in [3.8, 4) is 17.2 Å². The molecular weight excluding hydrogens is 460 g/mol. The van der Waals surface area contributed by atoms with Gasteiger partial charge in [0.15, 0.2) is 10.7 Å². The van der Waals surface area contributed by atoms with Crippen molar-refractivity contribution in [1.82, 2.24) is 10.3 Å². The number of rotatable bonds is 8. The molecule has 4 aromatic rings. The summed E-state index contributed by atoms with van der Waals surface area (Å²) in [5.41, 5.74) is 4.63. The first-order valence-electron chi connectivity index (χ1n) is 11.6.